The van der Waals surface area contributed by atoms with E-state index in [2.05, 4.69) is 15.4 Å². The van der Waals surface area contributed by atoms with Gasteiger partial charge in [0.1, 0.15) is 6.04 Å². The molecule has 3 heterocycles. The first kappa shape index (κ1) is 20.6. The first-order valence-electron chi connectivity index (χ1n) is 10.2. The Morgan fingerprint density at radius 2 is 1.97 bits per heavy atom. The second-order valence-electron chi connectivity index (χ2n) is 7.94. The number of carbonyl (C=O) groups excluding carboxylic acids is 2. The maximum atomic E-state index is 13.0. The molecule has 1 aliphatic heterocycles. The van der Waals surface area contributed by atoms with Crippen LogP contribution in [-0.4, -0.2) is 51.2 Å². The molecule has 3 aromatic rings. The van der Waals surface area contributed by atoms with E-state index in [0.29, 0.717) is 29.9 Å². The summed E-state index contributed by atoms with van der Waals surface area (Å²) in [5.41, 5.74) is 3.26. The maximum absolute atomic E-state index is 13.0. The van der Waals surface area contributed by atoms with Gasteiger partial charge in [-0.1, -0.05) is 44.2 Å². The number of amides is 2. The molecular weight excluding hydrogens is 398 g/mol. The van der Waals surface area contributed by atoms with Crippen molar-refractivity contribution < 1.29 is 14.3 Å². The second-order valence-corrected chi connectivity index (χ2v) is 7.94. The fourth-order valence-electron chi connectivity index (χ4n) is 3.78. The fourth-order valence-corrected chi connectivity index (χ4v) is 3.78. The largest absolute Gasteiger partial charge is 0.467 e. The number of methoxy groups -OCH3 is 1. The van der Waals surface area contributed by atoms with Gasteiger partial charge in [0, 0.05) is 18.2 Å². The highest BCUT2D eigenvalue weighted by Crippen LogP contribution is 2.20. The van der Waals surface area contributed by atoms with Crippen LogP contribution in [0.4, 0.5) is 4.79 Å². The monoisotopic (exact) mass is 423 g/mol. The first-order valence-corrected chi connectivity index (χ1v) is 10.2. The highest BCUT2D eigenvalue weighted by molar-refractivity contribution is 5.84. The van der Waals surface area contributed by atoms with Crippen molar-refractivity contribution in [3.63, 3.8) is 0 Å². The Balaban J connectivity index is 1.60. The minimum atomic E-state index is -0.738. The molecule has 31 heavy (non-hydrogen) atoms. The smallest absolute Gasteiger partial charge is 0.328 e. The maximum Gasteiger partial charge on any atom is 0.328 e. The van der Waals surface area contributed by atoms with Crippen LogP contribution in [-0.2, 0) is 22.5 Å². The van der Waals surface area contributed by atoms with Crippen LogP contribution >= 0.6 is 0 Å². The summed E-state index contributed by atoms with van der Waals surface area (Å²) in [6, 6.07) is 10.4. The Labute approximate surface area is 179 Å². The molecule has 1 aromatic carbocycles. The second kappa shape index (κ2) is 8.25. The van der Waals surface area contributed by atoms with E-state index in [-0.39, 0.29) is 24.1 Å². The van der Waals surface area contributed by atoms with Gasteiger partial charge in [-0.25, -0.2) is 19.1 Å². The Bertz CT molecular complexity index is 1180. The van der Waals surface area contributed by atoms with Crippen LogP contribution in [0, 0.1) is 5.92 Å². The topological polar surface area (TPSA) is 109 Å². The number of rotatable bonds is 4. The summed E-state index contributed by atoms with van der Waals surface area (Å²) in [7, 11) is 1.30. The zero-order chi connectivity index (χ0) is 22.1. The minimum absolute atomic E-state index is 0.118. The number of hydrogen-bond donors (Lipinski definition) is 2. The molecule has 0 saturated carbocycles. The normalized spacial score (nSPS) is 14.4. The van der Waals surface area contributed by atoms with Gasteiger partial charge in [-0.05, 0) is 17.9 Å². The third-order valence-electron chi connectivity index (χ3n) is 5.54. The lowest BCUT2D eigenvalue weighted by Gasteiger charge is -2.30. The zero-order valence-corrected chi connectivity index (χ0v) is 17.7. The van der Waals surface area contributed by atoms with E-state index < -0.39 is 12.0 Å². The lowest BCUT2D eigenvalue weighted by atomic mass is 10.0. The molecule has 0 bridgehead atoms. The molecule has 9 nitrogen and oxygen atoms in total. The average molecular weight is 423 g/mol. The number of benzene rings is 1. The standard InChI is InChI=1S/C22H25N5O4/c1-13(2)19(21(29)31-3)24-22(30)26-10-9-15-17(12-26)23-18-11-16(25-27(18)20(15)28)14-7-5-4-6-8-14/h4-8,11,13,19,25H,9-10,12H2,1-3H3,(H,24,30)/t19-/m1/s1. The molecule has 4 rings (SSSR count). The number of ether oxygens (including phenoxy) is 1. The molecule has 1 aliphatic rings. The lowest BCUT2D eigenvalue weighted by Crippen LogP contribution is -2.52. The van der Waals surface area contributed by atoms with Gasteiger partial charge >= 0.3 is 12.0 Å². The third-order valence-corrected chi connectivity index (χ3v) is 5.54. The average Bonchev–Trinajstić information content (AvgIpc) is 3.21. The van der Waals surface area contributed by atoms with Crippen molar-refractivity contribution in [2.24, 2.45) is 5.92 Å². The van der Waals surface area contributed by atoms with Crippen LogP contribution in [0.1, 0.15) is 25.1 Å². The Morgan fingerprint density at radius 3 is 2.65 bits per heavy atom. The van der Waals surface area contributed by atoms with Crippen molar-refractivity contribution in [3.8, 4) is 11.3 Å². The number of fused-ring (bicyclic) bond motifs is 2. The van der Waals surface area contributed by atoms with Gasteiger partial charge in [0.2, 0.25) is 0 Å². The van der Waals surface area contributed by atoms with E-state index in [1.165, 1.54) is 11.6 Å². The molecular formula is C22H25N5O4. The Hall–Kier alpha value is -3.62. The Morgan fingerprint density at radius 1 is 1.23 bits per heavy atom. The van der Waals surface area contributed by atoms with Gasteiger partial charge in [-0.2, -0.15) is 0 Å². The van der Waals surface area contributed by atoms with E-state index >= 15 is 0 Å². The van der Waals surface area contributed by atoms with Gasteiger partial charge in [0.15, 0.2) is 5.65 Å². The first-order chi connectivity index (χ1) is 14.9. The van der Waals surface area contributed by atoms with Crippen molar-refractivity contribution >= 4 is 17.6 Å². The highest BCUT2D eigenvalue weighted by atomic mass is 16.5. The molecule has 0 saturated heterocycles. The van der Waals surface area contributed by atoms with E-state index in [1.807, 2.05) is 50.2 Å². The van der Waals surface area contributed by atoms with Crippen LogP contribution in [0.3, 0.4) is 0 Å². The van der Waals surface area contributed by atoms with Crippen molar-refractivity contribution in [2.75, 3.05) is 13.7 Å². The molecule has 9 heteroatoms. The van der Waals surface area contributed by atoms with Crippen molar-refractivity contribution in [1.29, 1.82) is 0 Å². The van der Waals surface area contributed by atoms with Crippen molar-refractivity contribution in [1.82, 2.24) is 24.8 Å². The quantitative estimate of drug-likeness (QED) is 0.624. The van der Waals surface area contributed by atoms with Crippen LogP contribution < -0.4 is 10.9 Å². The van der Waals surface area contributed by atoms with Crippen molar-refractivity contribution in [3.05, 3.63) is 58.0 Å². The molecule has 0 radical (unpaired) electrons. The van der Waals surface area contributed by atoms with Gasteiger partial charge in [0.25, 0.3) is 5.56 Å². The number of carbonyl (C=O) groups is 2. The van der Waals surface area contributed by atoms with Crippen LogP contribution in [0.2, 0.25) is 0 Å². The molecule has 162 valence electrons. The van der Waals surface area contributed by atoms with E-state index in [1.54, 1.807) is 4.90 Å². The number of H-pyrrole nitrogens is 1. The highest BCUT2D eigenvalue weighted by Gasteiger charge is 2.30. The number of hydrogen-bond acceptors (Lipinski definition) is 5. The number of nitrogens with zero attached hydrogens (tertiary/aromatic N) is 3. The molecule has 0 fully saturated rings. The molecule has 0 unspecified atom stereocenters. The Kier molecular flexibility index (Phi) is 5.50. The summed E-state index contributed by atoms with van der Waals surface area (Å²) in [4.78, 5) is 43.9. The minimum Gasteiger partial charge on any atom is -0.467 e. The predicted molar refractivity (Wildman–Crippen MR) is 115 cm³/mol. The summed E-state index contributed by atoms with van der Waals surface area (Å²) in [5.74, 6) is -0.605. The van der Waals surface area contributed by atoms with Gasteiger partial charge < -0.3 is 15.0 Å². The lowest BCUT2D eigenvalue weighted by molar-refractivity contribution is -0.144. The van der Waals surface area contributed by atoms with Crippen LogP contribution in [0.15, 0.2) is 41.2 Å². The summed E-state index contributed by atoms with van der Waals surface area (Å²) in [5, 5.41) is 5.86. The van der Waals surface area contributed by atoms with Crippen LogP contribution in [0.5, 0.6) is 0 Å². The molecule has 0 spiro atoms. The zero-order valence-electron chi connectivity index (χ0n) is 17.7. The summed E-state index contributed by atoms with van der Waals surface area (Å²) in [6.45, 7) is 4.23. The SMILES string of the molecule is COC(=O)[C@H](NC(=O)N1CCc2c(nc3cc(-c4ccccc4)[nH]n3c2=O)C1)C(C)C. The van der Waals surface area contributed by atoms with E-state index in [9.17, 15) is 14.4 Å². The number of esters is 1. The van der Waals surface area contributed by atoms with Crippen molar-refractivity contribution in [2.45, 2.75) is 32.9 Å². The molecule has 1 atom stereocenters. The summed E-state index contributed by atoms with van der Waals surface area (Å²) < 4.78 is 6.24. The van der Waals surface area contributed by atoms with Gasteiger partial charge in [0.05, 0.1) is 25.0 Å². The molecule has 0 aliphatic carbocycles. The van der Waals surface area contributed by atoms with Gasteiger partial charge in [-0.3, -0.25) is 9.89 Å². The number of urea groups is 1. The fraction of sp³-hybridized carbons (Fsp3) is 0.364. The predicted octanol–water partition coefficient (Wildman–Crippen LogP) is 1.95. The molecule has 2 aromatic heterocycles. The third kappa shape index (κ3) is 3.90. The number of aromatic amines is 1. The summed E-state index contributed by atoms with van der Waals surface area (Å²) >= 11 is 0. The van der Waals surface area contributed by atoms with E-state index in [0.717, 1.165) is 11.3 Å². The van der Waals surface area contributed by atoms with E-state index in [4.69, 9.17) is 4.74 Å². The number of nitrogens with one attached hydrogen (secondary N) is 2. The molecule has 2 amide bonds. The summed E-state index contributed by atoms with van der Waals surface area (Å²) in [6.07, 6.45) is 0.391. The van der Waals surface area contributed by atoms with Gasteiger partial charge in [-0.15, -0.1) is 0 Å². The number of aromatic nitrogens is 3. The molecule has 2 N–H and O–H groups in total. The van der Waals surface area contributed by atoms with Crippen LogP contribution in [0.25, 0.3) is 16.9 Å².